The molecule has 1 aromatic carbocycles. The number of hydrogen-bond donors (Lipinski definition) is 2. The maximum Gasteiger partial charge on any atom is 0.246 e. The Bertz CT molecular complexity index is 1260. The molecule has 3 amide bonds. The van der Waals surface area contributed by atoms with Crippen molar-refractivity contribution in [1.82, 2.24) is 10.2 Å². The van der Waals surface area contributed by atoms with Crippen molar-refractivity contribution in [1.29, 1.82) is 0 Å². The topological polar surface area (TPSA) is 87.7 Å². The van der Waals surface area contributed by atoms with E-state index in [2.05, 4.69) is 30.6 Å². The molecular formula is C33H43N3O4S. The van der Waals surface area contributed by atoms with Gasteiger partial charge in [0, 0.05) is 23.2 Å². The van der Waals surface area contributed by atoms with Crippen LogP contribution in [0.4, 0.5) is 5.69 Å². The van der Waals surface area contributed by atoms with Gasteiger partial charge in [-0.3, -0.25) is 14.4 Å². The SMILES string of the molecule is CSc1cccc(NC(=O)[C@@H]2[C@@H]3C=C[C@]4(O3)[C@@H]2C(=O)N(CCC2=CCCCC2)[C@H]4C(=O)N[C@@H]2CCC[C@H](C)[C@H]2C)c1. The minimum atomic E-state index is -1.13. The number of anilines is 1. The van der Waals surface area contributed by atoms with Crippen LogP contribution in [0.15, 0.2) is 53.0 Å². The first kappa shape index (κ1) is 28.5. The Labute approximate surface area is 247 Å². The Morgan fingerprint density at radius 2 is 2.00 bits per heavy atom. The molecule has 6 rings (SSSR count). The second kappa shape index (κ2) is 11.6. The van der Waals surface area contributed by atoms with E-state index in [1.807, 2.05) is 42.7 Å². The van der Waals surface area contributed by atoms with Gasteiger partial charge in [0.15, 0.2) is 0 Å². The van der Waals surface area contributed by atoms with Gasteiger partial charge in [-0.15, -0.1) is 11.8 Å². The molecule has 0 radical (unpaired) electrons. The van der Waals surface area contributed by atoms with E-state index in [4.69, 9.17) is 4.74 Å². The molecule has 2 N–H and O–H groups in total. The van der Waals surface area contributed by atoms with Gasteiger partial charge in [0.1, 0.15) is 11.6 Å². The Balaban J connectivity index is 1.28. The van der Waals surface area contributed by atoms with Crippen LogP contribution in [0.1, 0.15) is 65.2 Å². The number of ether oxygens (including phenoxy) is 1. The van der Waals surface area contributed by atoms with Gasteiger partial charge in [-0.05, 0) is 74.8 Å². The average Bonchev–Trinajstić information content (AvgIpc) is 3.62. The van der Waals surface area contributed by atoms with Gasteiger partial charge in [-0.25, -0.2) is 0 Å². The molecule has 1 spiro atoms. The van der Waals surface area contributed by atoms with Crippen LogP contribution in [0.25, 0.3) is 0 Å². The van der Waals surface area contributed by atoms with E-state index >= 15 is 0 Å². The van der Waals surface area contributed by atoms with Gasteiger partial charge >= 0.3 is 0 Å². The highest BCUT2D eigenvalue weighted by Crippen LogP contribution is 2.55. The van der Waals surface area contributed by atoms with Crippen molar-refractivity contribution in [2.24, 2.45) is 23.7 Å². The zero-order valence-corrected chi connectivity index (χ0v) is 25.3. The minimum Gasteiger partial charge on any atom is -0.359 e. The van der Waals surface area contributed by atoms with Crippen LogP contribution in [0.2, 0.25) is 0 Å². The molecular weight excluding hydrogens is 534 g/mol. The summed E-state index contributed by atoms with van der Waals surface area (Å²) in [5, 5.41) is 6.40. The van der Waals surface area contributed by atoms with Gasteiger partial charge < -0.3 is 20.3 Å². The molecule has 3 fully saturated rings. The normalized spacial score (nSPS) is 35.8. The molecule has 3 heterocycles. The Morgan fingerprint density at radius 1 is 1.15 bits per heavy atom. The summed E-state index contributed by atoms with van der Waals surface area (Å²) in [6.45, 7) is 4.93. The lowest BCUT2D eigenvalue weighted by Crippen LogP contribution is -2.58. The van der Waals surface area contributed by atoms with Crippen LogP contribution in [0, 0.1) is 23.7 Å². The summed E-state index contributed by atoms with van der Waals surface area (Å²) in [4.78, 5) is 45.0. The van der Waals surface area contributed by atoms with Crippen LogP contribution in [0.3, 0.4) is 0 Å². The fraction of sp³-hybridized carbons (Fsp3) is 0.606. The molecule has 0 unspecified atom stereocenters. The van der Waals surface area contributed by atoms with Crippen LogP contribution in [-0.4, -0.2) is 59.2 Å². The summed E-state index contributed by atoms with van der Waals surface area (Å²) in [6, 6.07) is 7.00. The number of likely N-dealkylation sites (tertiary alicyclic amines) is 1. The van der Waals surface area contributed by atoms with Gasteiger partial charge in [-0.1, -0.05) is 56.6 Å². The summed E-state index contributed by atoms with van der Waals surface area (Å²) in [6.07, 6.45) is 16.0. The summed E-state index contributed by atoms with van der Waals surface area (Å²) < 4.78 is 6.55. The van der Waals surface area contributed by atoms with Gasteiger partial charge in [-0.2, -0.15) is 0 Å². The van der Waals surface area contributed by atoms with Gasteiger partial charge in [0.05, 0.1) is 17.9 Å². The van der Waals surface area contributed by atoms with E-state index in [9.17, 15) is 14.4 Å². The number of thioether (sulfide) groups is 1. The lowest BCUT2D eigenvalue weighted by Gasteiger charge is -2.38. The van der Waals surface area contributed by atoms with Crippen LogP contribution < -0.4 is 10.6 Å². The number of carbonyl (C=O) groups excluding carboxylic acids is 3. The molecule has 1 saturated carbocycles. The second-order valence-corrected chi connectivity index (χ2v) is 13.6. The third-order valence-electron chi connectivity index (χ3n) is 10.4. The largest absolute Gasteiger partial charge is 0.359 e. The number of allylic oxidation sites excluding steroid dienone is 1. The Kier molecular flexibility index (Phi) is 8.07. The predicted octanol–water partition coefficient (Wildman–Crippen LogP) is 5.33. The zero-order chi connectivity index (χ0) is 28.7. The molecule has 220 valence electrons. The number of hydrogen-bond acceptors (Lipinski definition) is 5. The van der Waals surface area contributed by atoms with Crippen LogP contribution in [-0.2, 0) is 19.1 Å². The fourth-order valence-corrected chi connectivity index (χ4v) is 8.34. The molecule has 2 bridgehead atoms. The van der Waals surface area contributed by atoms with E-state index in [1.165, 1.54) is 24.8 Å². The number of benzene rings is 1. The van der Waals surface area contributed by atoms with Crippen molar-refractivity contribution >= 4 is 35.2 Å². The van der Waals surface area contributed by atoms with Crippen molar-refractivity contribution < 1.29 is 19.1 Å². The zero-order valence-electron chi connectivity index (χ0n) is 24.4. The quantitative estimate of drug-likeness (QED) is 0.322. The van der Waals surface area contributed by atoms with E-state index < -0.39 is 29.6 Å². The molecule has 7 nitrogen and oxygen atoms in total. The number of nitrogens with zero attached hydrogens (tertiary/aromatic N) is 1. The third-order valence-corrected chi connectivity index (χ3v) is 11.1. The van der Waals surface area contributed by atoms with Gasteiger partial charge in [0.25, 0.3) is 0 Å². The highest BCUT2D eigenvalue weighted by Gasteiger charge is 2.72. The van der Waals surface area contributed by atoms with E-state index in [0.29, 0.717) is 24.1 Å². The van der Waals surface area contributed by atoms with E-state index in [-0.39, 0.29) is 23.8 Å². The smallest absolute Gasteiger partial charge is 0.246 e. The lowest BCUT2D eigenvalue weighted by atomic mass is 9.73. The van der Waals surface area contributed by atoms with E-state index in [1.54, 1.807) is 16.7 Å². The average molecular weight is 578 g/mol. The highest BCUT2D eigenvalue weighted by atomic mass is 32.2. The maximum atomic E-state index is 14.3. The summed E-state index contributed by atoms with van der Waals surface area (Å²) in [5.41, 5.74) is 0.930. The molecule has 2 aliphatic carbocycles. The first-order chi connectivity index (χ1) is 19.8. The third kappa shape index (κ3) is 5.16. The number of amides is 3. The lowest BCUT2D eigenvalue weighted by molar-refractivity contribution is -0.141. The minimum absolute atomic E-state index is 0.0742. The van der Waals surface area contributed by atoms with Crippen molar-refractivity contribution in [2.75, 3.05) is 18.1 Å². The molecule has 41 heavy (non-hydrogen) atoms. The first-order valence-electron chi connectivity index (χ1n) is 15.4. The Morgan fingerprint density at radius 3 is 2.78 bits per heavy atom. The molecule has 0 aromatic heterocycles. The summed E-state index contributed by atoms with van der Waals surface area (Å²) in [7, 11) is 0. The number of carbonyl (C=O) groups is 3. The number of nitrogens with one attached hydrogen (secondary N) is 2. The molecule has 1 aromatic rings. The van der Waals surface area contributed by atoms with Crippen LogP contribution in [0.5, 0.6) is 0 Å². The molecule has 8 heteroatoms. The molecule has 5 aliphatic rings. The predicted molar refractivity (Wildman–Crippen MR) is 161 cm³/mol. The van der Waals surface area contributed by atoms with Gasteiger partial charge in [0.2, 0.25) is 17.7 Å². The molecule has 8 atom stereocenters. The standard InChI is InChI=1S/C33H43N3O4S/c1-20-9-7-14-25(21(20)2)35-31(38)29-33-17-15-26(40-33)27(30(37)34-23-12-8-13-24(19-23)41-3)28(33)32(39)36(29)18-16-22-10-5-4-6-11-22/h8,10,12-13,15,17,19-21,25-29H,4-7,9,11,14,16,18H2,1-3H3,(H,34,37)(H,35,38)/t20-,21+,25+,26-,27+,28-,29-,33-/m0/s1. The fourth-order valence-electron chi connectivity index (χ4n) is 7.88. The Hall–Kier alpha value is -2.58. The number of rotatable bonds is 8. The van der Waals surface area contributed by atoms with Crippen LogP contribution >= 0.6 is 11.8 Å². The van der Waals surface area contributed by atoms with Crippen molar-refractivity contribution in [2.45, 2.75) is 93.9 Å². The van der Waals surface area contributed by atoms with Crippen molar-refractivity contribution in [3.63, 3.8) is 0 Å². The first-order valence-corrected chi connectivity index (χ1v) is 16.7. The highest BCUT2D eigenvalue weighted by molar-refractivity contribution is 7.98. The summed E-state index contributed by atoms with van der Waals surface area (Å²) in [5.74, 6) is -1.03. The summed E-state index contributed by atoms with van der Waals surface area (Å²) >= 11 is 1.61. The molecule has 3 aliphatic heterocycles. The van der Waals surface area contributed by atoms with Crippen molar-refractivity contribution in [3.8, 4) is 0 Å². The monoisotopic (exact) mass is 577 g/mol. The second-order valence-electron chi connectivity index (χ2n) is 12.7. The maximum absolute atomic E-state index is 14.3. The molecule has 2 saturated heterocycles. The van der Waals surface area contributed by atoms with Crippen molar-refractivity contribution in [3.05, 3.63) is 48.1 Å². The number of fused-ring (bicyclic) bond motifs is 1. The van der Waals surface area contributed by atoms with E-state index in [0.717, 1.165) is 37.0 Å².